The lowest BCUT2D eigenvalue weighted by molar-refractivity contribution is 0.192. The molecule has 1 N–H and O–H groups in total. The van der Waals surface area contributed by atoms with Crippen LogP contribution in [0, 0.1) is 12.7 Å². The van der Waals surface area contributed by atoms with Crippen LogP contribution in [0.1, 0.15) is 24.2 Å². The lowest BCUT2D eigenvalue weighted by Crippen LogP contribution is -2.01. The fourth-order valence-corrected chi connectivity index (χ4v) is 1.70. The van der Waals surface area contributed by atoms with Gasteiger partial charge in [0.05, 0.1) is 17.7 Å². The summed E-state index contributed by atoms with van der Waals surface area (Å²) in [5, 5.41) is 9.33. The lowest BCUT2D eigenvalue weighted by Gasteiger charge is -2.13. The highest BCUT2D eigenvalue weighted by Gasteiger charge is 2.17. The van der Waals surface area contributed by atoms with E-state index in [4.69, 9.17) is 4.74 Å². The molecule has 0 fully saturated rings. The third-order valence-corrected chi connectivity index (χ3v) is 3.01. The zero-order valence-electron chi connectivity index (χ0n) is 8.27. The van der Waals surface area contributed by atoms with Gasteiger partial charge in [0, 0.05) is 5.56 Å². The minimum atomic E-state index is -0.837. The van der Waals surface area contributed by atoms with Gasteiger partial charge in [0.1, 0.15) is 0 Å². The number of ether oxygens (including phenoxy) is 1. The zero-order chi connectivity index (χ0) is 10.9. The second-order valence-electron chi connectivity index (χ2n) is 3.12. The highest BCUT2D eigenvalue weighted by molar-refractivity contribution is 9.10. The highest BCUT2D eigenvalue weighted by atomic mass is 79.9. The molecule has 0 aliphatic rings. The normalized spacial score (nSPS) is 12.7. The maximum Gasteiger partial charge on any atom is 0.172 e. The van der Waals surface area contributed by atoms with Gasteiger partial charge in [-0.1, -0.05) is 0 Å². The van der Waals surface area contributed by atoms with Gasteiger partial charge in [0.15, 0.2) is 11.6 Å². The van der Waals surface area contributed by atoms with Gasteiger partial charge in [0.2, 0.25) is 0 Å². The molecule has 0 radical (unpaired) electrons. The first-order valence-corrected chi connectivity index (χ1v) is 4.98. The van der Waals surface area contributed by atoms with E-state index in [1.807, 2.05) is 6.92 Å². The number of aliphatic hydroxyl groups excluding tert-OH is 1. The summed E-state index contributed by atoms with van der Waals surface area (Å²) < 4.78 is 19.1. The van der Waals surface area contributed by atoms with E-state index in [2.05, 4.69) is 15.9 Å². The Morgan fingerprint density at radius 3 is 2.57 bits per heavy atom. The van der Waals surface area contributed by atoms with Crippen molar-refractivity contribution in [3.63, 3.8) is 0 Å². The summed E-state index contributed by atoms with van der Waals surface area (Å²) in [6, 6.07) is 1.60. The first kappa shape index (κ1) is 11.5. The lowest BCUT2D eigenvalue weighted by atomic mass is 10.1. The molecule has 78 valence electrons. The van der Waals surface area contributed by atoms with Gasteiger partial charge in [-0.05, 0) is 41.4 Å². The van der Waals surface area contributed by atoms with Crippen molar-refractivity contribution in [3.8, 4) is 5.75 Å². The molecule has 0 heterocycles. The molecule has 0 bridgehead atoms. The monoisotopic (exact) mass is 262 g/mol. The highest BCUT2D eigenvalue weighted by Crippen LogP contribution is 2.35. The van der Waals surface area contributed by atoms with E-state index in [0.29, 0.717) is 4.47 Å². The molecule has 1 aromatic rings. The van der Waals surface area contributed by atoms with Crippen LogP contribution in [0.25, 0.3) is 0 Å². The predicted octanol–water partition coefficient (Wildman–Crippen LogP) is 2.96. The van der Waals surface area contributed by atoms with E-state index in [-0.39, 0.29) is 11.3 Å². The van der Waals surface area contributed by atoms with Crippen LogP contribution in [0.3, 0.4) is 0 Å². The first-order valence-electron chi connectivity index (χ1n) is 4.19. The van der Waals surface area contributed by atoms with Crippen molar-refractivity contribution in [2.75, 3.05) is 7.11 Å². The Labute approximate surface area is 90.8 Å². The van der Waals surface area contributed by atoms with Gasteiger partial charge in [0.25, 0.3) is 0 Å². The Kier molecular flexibility index (Phi) is 3.50. The van der Waals surface area contributed by atoms with Crippen molar-refractivity contribution >= 4 is 15.9 Å². The quantitative estimate of drug-likeness (QED) is 0.888. The van der Waals surface area contributed by atoms with Crippen LogP contribution in [0.15, 0.2) is 10.5 Å². The van der Waals surface area contributed by atoms with Crippen molar-refractivity contribution in [1.29, 1.82) is 0 Å². The molecule has 0 aliphatic heterocycles. The maximum atomic E-state index is 13.6. The number of aryl methyl sites for hydroxylation is 1. The Hall–Kier alpha value is -0.610. The summed E-state index contributed by atoms with van der Waals surface area (Å²) in [6.07, 6.45) is -0.837. The first-order chi connectivity index (χ1) is 6.49. The standard InChI is InChI=1S/C10H12BrFO2/c1-5-4-7(6(2)13)9(12)10(14-3)8(5)11/h4,6,13H,1-3H3. The van der Waals surface area contributed by atoms with Crippen molar-refractivity contribution in [2.45, 2.75) is 20.0 Å². The largest absolute Gasteiger partial charge is 0.492 e. The van der Waals surface area contributed by atoms with Gasteiger partial charge in [-0.3, -0.25) is 0 Å². The molecule has 0 amide bonds. The van der Waals surface area contributed by atoms with Crippen LogP contribution < -0.4 is 4.74 Å². The van der Waals surface area contributed by atoms with Gasteiger partial charge in [-0.25, -0.2) is 4.39 Å². The number of aliphatic hydroxyl groups is 1. The van der Waals surface area contributed by atoms with Gasteiger partial charge >= 0.3 is 0 Å². The zero-order valence-corrected chi connectivity index (χ0v) is 9.85. The van der Waals surface area contributed by atoms with E-state index in [0.717, 1.165) is 5.56 Å². The molecule has 4 heteroatoms. The minimum absolute atomic E-state index is 0.140. The third-order valence-electron chi connectivity index (χ3n) is 2.02. The van der Waals surface area contributed by atoms with Crippen LogP contribution in [-0.4, -0.2) is 12.2 Å². The summed E-state index contributed by atoms with van der Waals surface area (Å²) in [7, 11) is 1.40. The summed E-state index contributed by atoms with van der Waals surface area (Å²) >= 11 is 3.23. The second-order valence-corrected chi connectivity index (χ2v) is 3.91. The fraction of sp³-hybridized carbons (Fsp3) is 0.400. The number of rotatable bonds is 2. The predicted molar refractivity (Wildman–Crippen MR) is 56.0 cm³/mol. The SMILES string of the molecule is COc1c(F)c(C(C)O)cc(C)c1Br. The molecule has 1 rings (SSSR count). The van der Waals surface area contributed by atoms with Gasteiger partial charge in [-0.2, -0.15) is 0 Å². The summed E-state index contributed by atoms with van der Waals surface area (Å²) in [5.41, 5.74) is 1.08. The number of hydrogen-bond acceptors (Lipinski definition) is 2. The summed E-state index contributed by atoms with van der Waals surface area (Å²) in [4.78, 5) is 0. The van der Waals surface area contributed by atoms with Gasteiger partial charge in [-0.15, -0.1) is 0 Å². The van der Waals surface area contributed by atoms with Crippen LogP contribution in [0.2, 0.25) is 0 Å². The molecule has 2 nitrogen and oxygen atoms in total. The topological polar surface area (TPSA) is 29.5 Å². The molecule has 0 spiro atoms. The summed E-state index contributed by atoms with van der Waals surface area (Å²) in [6.45, 7) is 3.34. The van der Waals surface area contributed by atoms with Crippen molar-refractivity contribution < 1.29 is 14.2 Å². The van der Waals surface area contributed by atoms with Gasteiger partial charge < -0.3 is 9.84 Å². The molecule has 1 unspecified atom stereocenters. The molecule has 14 heavy (non-hydrogen) atoms. The van der Waals surface area contributed by atoms with Crippen molar-refractivity contribution in [2.24, 2.45) is 0 Å². The molecule has 0 aliphatic carbocycles. The number of hydrogen-bond donors (Lipinski definition) is 1. The van der Waals surface area contributed by atoms with E-state index in [1.54, 1.807) is 6.07 Å². The molecular formula is C10H12BrFO2. The van der Waals surface area contributed by atoms with E-state index < -0.39 is 11.9 Å². The minimum Gasteiger partial charge on any atom is -0.492 e. The molecular weight excluding hydrogens is 251 g/mol. The van der Waals surface area contributed by atoms with Crippen LogP contribution in [0.5, 0.6) is 5.75 Å². The van der Waals surface area contributed by atoms with E-state index in [1.165, 1.54) is 14.0 Å². The van der Waals surface area contributed by atoms with Crippen molar-refractivity contribution in [3.05, 3.63) is 27.5 Å². The molecule has 1 aromatic carbocycles. The molecule has 0 saturated carbocycles. The Morgan fingerprint density at radius 2 is 2.14 bits per heavy atom. The molecule has 0 aromatic heterocycles. The fourth-order valence-electron chi connectivity index (χ4n) is 1.25. The second kappa shape index (κ2) is 4.28. The number of benzene rings is 1. The van der Waals surface area contributed by atoms with Crippen molar-refractivity contribution in [1.82, 2.24) is 0 Å². The molecule has 1 atom stereocenters. The maximum absolute atomic E-state index is 13.6. The number of halogens is 2. The summed E-state index contributed by atoms with van der Waals surface area (Å²) in [5.74, 6) is -0.374. The van der Waals surface area contributed by atoms with Crippen LogP contribution in [0.4, 0.5) is 4.39 Å². The Morgan fingerprint density at radius 1 is 1.57 bits per heavy atom. The number of methoxy groups -OCH3 is 1. The van der Waals surface area contributed by atoms with E-state index in [9.17, 15) is 9.50 Å². The third kappa shape index (κ3) is 1.91. The average Bonchev–Trinajstić information content (AvgIpc) is 2.12. The smallest absolute Gasteiger partial charge is 0.172 e. The molecule has 0 saturated heterocycles. The average molecular weight is 263 g/mol. The Bertz CT molecular complexity index is 350. The van der Waals surface area contributed by atoms with Crippen LogP contribution in [-0.2, 0) is 0 Å². The Balaban J connectivity index is 3.42. The van der Waals surface area contributed by atoms with Crippen LogP contribution >= 0.6 is 15.9 Å². The van der Waals surface area contributed by atoms with E-state index >= 15 is 0 Å².